The van der Waals surface area contributed by atoms with Gasteiger partial charge in [0.15, 0.2) is 0 Å². The fraction of sp³-hybridized carbons (Fsp3) is 0.214. The van der Waals surface area contributed by atoms with E-state index in [0.717, 1.165) is 30.8 Å². The summed E-state index contributed by atoms with van der Waals surface area (Å²) < 4.78 is 0. The largest absolute Gasteiger partial charge is 0.336 e. The third-order valence-electron chi connectivity index (χ3n) is 6.57. The molecule has 0 N–H and O–H groups in total. The molecule has 35 heavy (non-hydrogen) atoms. The van der Waals surface area contributed by atoms with Gasteiger partial charge >= 0.3 is 0 Å². The molecule has 0 bridgehead atoms. The van der Waals surface area contributed by atoms with Gasteiger partial charge in [0, 0.05) is 38.3 Å². The minimum atomic E-state index is -0.287. The lowest BCUT2D eigenvalue weighted by Gasteiger charge is -2.34. The van der Waals surface area contributed by atoms with Crippen LogP contribution in [0.2, 0.25) is 0 Å². The van der Waals surface area contributed by atoms with Crippen molar-refractivity contribution < 1.29 is 14.4 Å². The van der Waals surface area contributed by atoms with E-state index >= 15 is 0 Å². The molecule has 1 fully saturated rings. The number of hydrogen-bond donors (Lipinski definition) is 0. The maximum atomic E-state index is 13.0. The summed E-state index contributed by atoms with van der Waals surface area (Å²) in [5.41, 5.74) is 4.06. The summed E-state index contributed by atoms with van der Waals surface area (Å²) in [6, 6.07) is 23.7. The first kappa shape index (κ1) is 22.5. The van der Waals surface area contributed by atoms with Crippen LogP contribution in [-0.2, 0) is 13.1 Å². The van der Waals surface area contributed by atoms with Crippen molar-refractivity contribution in [3.05, 3.63) is 106 Å². The highest BCUT2D eigenvalue weighted by Gasteiger charge is 2.35. The predicted molar refractivity (Wildman–Crippen MR) is 129 cm³/mol. The van der Waals surface area contributed by atoms with Crippen LogP contribution in [0.3, 0.4) is 0 Å². The molecule has 7 heteroatoms. The van der Waals surface area contributed by atoms with Gasteiger partial charge in [-0.3, -0.25) is 24.2 Å². The molecule has 7 nitrogen and oxygen atoms in total. The Kier molecular flexibility index (Phi) is 6.13. The van der Waals surface area contributed by atoms with Crippen molar-refractivity contribution in [3.8, 4) is 6.07 Å². The number of piperazine rings is 1. The van der Waals surface area contributed by atoms with Crippen molar-refractivity contribution in [2.45, 2.75) is 13.1 Å². The molecular weight excluding hydrogens is 440 g/mol. The van der Waals surface area contributed by atoms with E-state index in [1.54, 1.807) is 48.5 Å². The molecule has 0 spiro atoms. The Balaban J connectivity index is 1.16. The third kappa shape index (κ3) is 4.57. The quantitative estimate of drug-likeness (QED) is 0.541. The van der Waals surface area contributed by atoms with Crippen LogP contribution in [0.1, 0.15) is 47.8 Å². The normalized spacial score (nSPS) is 15.7. The number of amides is 3. The van der Waals surface area contributed by atoms with Gasteiger partial charge in [0.1, 0.15) is 0 Å². The molecule has 2 heterocycles. The van der Waals surface area contributed by atoms with Crippen LogP contribution in [0, 0.1) is 11.3 Å². The first-order chi connectivity index (χ1) is 17.0. The Labute approximate surface area is 203 Å². The van der Waals surface area contributed by atoms with Crippen LogP contribution < -0.4 is 0 Å². The number of imide groups is 1. The number of fused-ring (bicyclic) bond motifs is 1. The highest BCUT2D eigenvalue weighted by Crippen LogP contribution is 2.24. The van der Waals surface area contributed by atoms with Crippen LogP contribution >= 0.6 is 0 Å². The number of nitriles is 1. The molecule has 0 aliphatic carbocycles. The first-order valence-corrected chi connectivity index (χ1v) is 11.6. The standard InChI is InChI=1S/C28H24N4O3/c29-17-20-5-7-21(8-6-20)18-30-13-15-31(16-14-30)26(33)23-11-9-22(10-12-23)19-32-27(34)24-3-1-2-4-25(24)28(32)35/h1-12H,13-16,18-19H2. The van der Waals surface area contributed by atoms with E-state index < -0.39 is 0 Å². The Bertz CT molecular complexity index is 1280. The van der Waals surface area contributed by atoms with Gasteiger partial charge in [0.2, 0.25) is 0 Å². The van der Waals surface area contributed by atoms with E-state index in [-0.39, 0.29) is 24.3 Å². The van der Waals surface area contributed by atoms with Gasteiger partial charge in [-0.2, -0.15) is 5.26 Å². The van der Waals surface area contributed by atoms with Gasteiger partial charge in [-0.25, -0.2) is 0 Å². The summed E-state index contributed by atoms with van der Waals surface area (Å²) in [6.07, 6.45) is 0. The van der Waals surface area contributed by atoms with Crippen molar-refractivity contribution in [1.82, 2.24) is 14.7 Å². The average Bonchev–Trinajstić information content (AvgIpc) is 3.14. The Morgan fingerprint density at radius 2 is 1.29 bits per heavy atom. The smallest absolute Gasteiger partial charge is 0.261 e. The van der Waals surface area contributed by atoms with E-state index in [2.05, 4.69) is 11.0 Å². The predicted octanol–water partition coefficient (Wildman–Crippen LogP) is 3.31. The Morgan fingerprint density at radius 3 is 1.86 bits per heavy atom. The molecule has 0 unspecified atom stereocenters. The van der Waals surface area contributed by atoms with E-state index in [9.17, 15) is 14.4 Å². The average molecular weight is 465 g/mol. The van der Waals surface area contributed by atoms with E-state index in [0.29, 0.717) is 35.3 Å². The molecule has 3 amide bonds. The second kappa shape index (κ2) is 9.53. The van der Waals surface area contributed by atoms with Gasteiger partial charge in [0.25, 0.3) is 17.7 Å². The number of nitrogens with zero attached hydrogens (tertiary/aromatic N) is 4. The molecule has 3 aromatic carbocycles. The van der Waals surface area contributed by atoms with Crippen LogP contribution in [0.4, 0.5) is 0 Å². The molecule has 0 saturated carbocycles. The minimum Gasteiger partial charge on any atom is -0.336 e. The number of carbonyl (C=O) groups excluding carboxylic acids is 3. The molecule has 2 aliphatic rings. The van der Waals surface area contributed by atoms with Crippen LogP contribution in [0.5, 0.6) is 0 Å². The number of rotatable bonds is 5. The lowest BCUT2D eigenvalue weighted by molar-refractivity contribution is 0.0621. The van der Waals surface area contributed by atoms with Crippen LogP contribution in [0.25, 0.3) is 0 Å². The van der Waals surface area contributed by atoms with Crippen LogP contribution in [-0.4, -0.2) is 58.6 Å². The second-order valence-electron chi connectivity index (χ2n) is 8.82. The lowest BCUT2D eigenvalue weighted by atomic mass is 10.1. The molecule has 0 atom stereocenters. The topological polar surface area (TPSA) is 84.7 Å². The lowest BCUT2D eigenvalue weighted by Crippen LogP contribution is -2.48. The van der Waals surface area contributed by atoms with E-state index in [4.69, 9.17) is 5.26 Å². The summed E-state index contributed by atoms with van der Waals surface area (Å²) in [5, 5.41) is 8.93. The zero-order chi connectivity index (χ0) is 24.4. The molecule has 2 aliphatic heterocycles. The summed E-state index contributed by atoms with van der Waals surface area (Å²) in [7, 11) is 0. The summed E-state index contributed by atoms with van der Waals surface area (Å²) >= 11 is 0. The highest BCUT2D eigenvalue weighted by atomic mass is 16.2. The monoisotopic (exact) mass is 464 g/mol. The van der Waals surface area contributed by atoms with Gasteiger partial charge in [-0.05, 0) is 47.5 Å². The number of benzene rings is 3. The maximum Gasteiger partial charge on any atom is 0.261 e. The molecule has 174 valence electrons. The summed E-state index contributed by atoms with van der Waals surface area (Å²) in [6.45, 7) is 3.82. The van der Waals surface area contributed by atoms with Crippen molar-refractivity contribution in [2.24, 2.45) is 0 Å². The fourth-order valence-electron chi connectivity index (χ4n) is 4.55. The van der Waals surface area contributed by atoms with Gasteiger partial charge < -0.3 is 4.90 Å². The maximum absolute atomic E-state index is 13.0. The second-order valence-corrected chi connectivity index (χ2v) is 8.82. The van der Waals surface area contributed by atoms with Crippen molar-refractivity contribution in [2.75, 3.05) is 26.2 Å². The number of carbonyl (C=O) groups is 3. The Morgan fingerprint density at radius 1 is 0.743 bits per heavy atom. The molecule has 0 aromatic heterocycles. The molecule has 5 rings (SSSR count). The zero-order valence-electron chi connectivity index (χ0n) is 19.2. The number of hydrogen-bond acceptors (Lipinski definition) is 5. The van der Waals surface area contributed by atoms with Gasteiger partial charge in [0.05, 0.1) is 29.3 Å². The minimum absolute atomic E-state index is 0.0182. The molecule has 3 aromatic rings. The van der Waals surface area contributed by atoms with Gasteiger partial charge in [-0.15, -0.1) is 0 Å². The Hall–Kier alpha value is -4.28. The first-order valence-electron chi connectivity index (χ1n) is 11.6. The van der Waals surface area contributed by atoms with Crippen molar-refractivity contribution in [1.29, 1.82) is 5.26 Å². The van der Waals surface area contributed by atoms with E-state index in [1.165, 1.54) is 4.90 Å². The molecule has 0 radical (unpaired) electrons. The fourth-order valence-corrected chi connectivity index (χ4v) is 4.55. The molecule has 1 saturated heterocycles. The zero-order valence-corrected chi connectivity index (χ0v) is 19.2. The SMILES string of the molecule is N#Cc1ccc(CN2CCN(C(=O)c3ccc(CN4C(=O)c5ccccc5C4=O)cc3)CC2)cc1. The summed E-state index contributed by atoms with van der Waals surface area (Å²) in [4.78, 5) is 43.6. The third-order valence-corrected chi connectivity index (χ3v) is 6.57. The highest BCUT2D eigenvalue weighted by molar-refractivity contribution is 6.21. The molecular formula is C28H24N4O3. The van der Waals surface area contributed by atoms with Crippen molar-refractivity contribution >= 4 is 17.7 Å². The van der Waals surface area contributed by atoms with Gasteiger partial charge in [-0.1, -0.05) is 36.4 Å². The van der Waals surface area contributed by atoms with E-state index in [1.807, 2.05) is 29.2 Å². The summed E-state index contributed by atoms with van der Waals surface area (Å²) in [5.74, 6) is -0.593. The van der Waals surface area contributed by atoms with Crippen molar-refractivity contribution in [3.63, 3.8) is 0 Å². The van der Waals surface area contributed by atoms with Crippen LogP contribution in [0.15, 0.2) is 72.8 Å².